The smallest absolute Gasteiger partial charge is 0.326 e. The fourth-order valence-corrected chi connectivity index (χ4v) is 1.28. The second-order valence-corrected chi connectivity index (χ2v) is 3.61. The van der Waals surface area contributed by atoms with Gasteiger partial charge in [0.25, 0.3) is 0 Å². The van der Waals surface area contributed by atoms with E-state index in [0.29, 0.717) is 12.1 Å². The Balaban J connectivity index is 2.37. The molecule has 1 heterocycles. The third-order valence-corrected chi connectivity index (χ3v) is 2.21. The molecule has 0 radical (unpaired) electrons. The Morgan fingerprint density at radius 2 is 2.29 bits per heavy atom. The van der Waals surface area contributed by atoms with Crippen LogP contribution in [0.5, 0.6) is 0 Å². The number of carboxylic acids is 1. The standard InChI is InChI=1S/C10H16N4O3/c1-3-8(9(15)16)12-10(17)11-6-7-4-5-14(2)13-7/h4-5,8H,3,6H2,1-2H3,(H,15,16)(H2,11,12,17)/t8-/m1/s1. The van der Waals surface area contributed by atoms with Gasteiger partial charge in [0.05, 0.1) is 12.2 Å². The van der Waals surface area contributed by atoms with Crippen LogP contribution in [0.25, 0.3) is 0 Å². The van der Waals surface area contributed by atoms with Crippen LogP contribution >= 0.6 is 0 Å². The van der Waals surface area contributed by atoms with E-state index in [2.05, 4.69) is 15.7 Å². The van der Waals surface area contributed by atoms with E-state index in [4.69, 9.17) is 5.11 Å². The third-order valence-electron chi connectivity index (χ3n) is 2.21. The fourth-order valence-electron chi connectivity index (χ4n) is 1.28. The minimum absolute atomic E-state index is 0.267. The maximum atomic E-state index is 11.4. The lowest BCUT2D eigenvalue weighted by molar-refractivity contribution is -0.139. The maximum Gasteiger partial charge on any atom is 0.326 e. The lowest BCUT2D eigenvalue weighted by Crippen LogP contribution is -2.45. The summed E-state index contributed by atoms with van der Waals surface area (Å²) < 4.78 is 1.63. The number of carbonyl (C=O) groups excluding carboxylic acids is 1. The first kappa shape index (κ1) is 13.0. The highest BCUT2D eigenvalue weighted by Gasteiger charge is 2.17. The second kappa shape index (κ2) is 5.88. The summed E-state index contributed by atoms with van der Waals surface area (Å²) in [5.74, 6) is -1.04. The minimum Gasteiger partial charge on any atom is -0.480 e. The van der Waals surface area contributed by atoms with Crippen LogP contribution < -0.4 is 10.6 Å². The van der Waals surface area contributed by atoms with E-state index in [1.54, 1.807) is 30.9 Å². The molecule has 17 heavy (non-hydrogen) atoms. The number of carbonyl (C=O) groups is 2. The summed E-state index contributed by atoms with van der Waals surface area (Å²) in [6, 6.07) is 0.401. The van der Waals surface area contributed by atoms with E-state index in [1.807, 2.05) is 0 Å². The number of hydrogen-bond acceptors (Lipinski definition) is 3. The van der Waals surface area contributed by atoms with Gasteiger partial charge in [0.15, 0.2) is 0 Å². The van der Waals surface area contributed by atoms with Crippen molar-refractivity contribution in [2.24, 2.45) is 7.05 Å². The SMILES string of the molecule is CC[C@@H](NC(=O)NCc1ccn(C)n1)C(=O)O. The van der Waals surface area contributed by atoms with Crippen molar-refractivity contribution in [2.45, 2.75) is 25.9 Å². The summed E-state index contributed by atoms with van der Waals surface area (Å²) in [6.07, 6.45) is 2.10. The molecular weight excluding hydrogens is 224 g/mol. The van der Waals surface area contributed by atoms with E-state index in [1.165, 1.54) is 0 Å². The first-order chi connectivity index (χ1) is 8.02. The number of nitrogens with zero attached hydrogens (tertiary/aromatic N) is 2. The first-order valence-electron chi connectivity index (χ1n) is 5.28. The van der Waals surface area contributed by atoms with E-state index in [0.717, 1.165) is 0 Å². The zero-order valence-electron chi connectivity index (χ0n) is 9.80. The third kappa shape index (κ3) is 4.13. The highest BCUT2D eigenvalue weighted by atomic mass is 16.4. The summed E-state index contributed by atoms with van der Waals surface area (Å²) in [5, 5.41) is 17.7. The molecule has 2 amide bonds. The second-order valence-electron chi connectivity index (χ2n) is 3.61. The Bertz CT molecular complexity index is 402. The van der Waals surface area contributed by atoms with Crippen LogP contribution in [-0.2, 0) is 18.4 Å². The molecule has 7 heteroatoms. The number of amides is 2. The summed E-state index contributed by atoms with van der Waals surface area (Å²) >= 11 is 0. The number of aliphatic carboxylic acids is 1. The monoisotopic (exact) mass is 240 g/mol. The molecule has 0 aromatic carbocycles. The van der Waals surface area contributed by atoms with Gasteiger partial charge in [-0.1, -0.05) is 6.92 Å². The van der Waals surface area contributed by atoms with Gasteiger partial charge in [-0.25, -0.2) is 9.59 Å². The molecule has 0 aliphatic heterocycles. The molecule has 0 aliphatic rings. The number of aromatic nitrogens is 2. The Kier molecular flexibility index (Phi) is 4.50. The molecule has 1 atom stereocenters. The van der Waals surface area contributed by atoms with Crippen molar-refractivity contribution in [1.82, 2.24) is 20.4 Å². The van der Waals surface area contributed by atoms with Gasteiger partial charge in [-0.2, -0.15) is 5.10 Å². The van der Waals surface area contributed by atoms with Crippen LogP contribution in [-0.4, -0.2) is 32.9 Å². The van der Waals surface area contributed by atoms with Gasteiger partial charge in [0.1, 0.15) is 6.04 Å². The lowest BCUT2D eigenvalue weighted by atomic mass is 10.2. The number of hydrogen-bond donors (Lipinski definition) is 3. The zero-order chi connectivity index (χ0) is 12.8. The number of carboxylic acid groups (broad SMARTS) is 1. The molecule has 7 nitrogen and oxygen atoms in total. The largest absolute Gasteiger partial charge is 0.480 e. The summed E-state index contributed by atoms with van der Waals surface area (Å²) in [4.78, 5) is 22.1. The summed E-state index contributed by atoms with van der Waals surface area (Å²) in [6.45, 7) is 1.96. The molecule has 94 valence electrons. The summed E-state index contributed by atoms with van der Waals surface area (Å²) in [7, 11) is 1.78. The highest BCUT2D eigenvalue weighted by molar-refractivity contribution is 5.82. The molecule has 0 unspecified atom stereocenters. The van der Waals surface area contributed by atoms with Gasteiger partial charge in [-0.05, 0) is 12.5 Å². The van der Waals surface area contributed by atoms with Crippen LogP contribution in [0.2, 0.25) is 0 Å². The maximum absolute atomic E-state index is 11.4. The summed E-state index contributed by atoms with van der Waals surface area (Å²) in [5.41, 5.74) is 0.714. The van der Waals surface area contributed by atoms with Crippen LogP contribution in [0, 0.1) is 0 Å². The number of nitrogens with one attached hydrogen (secondary N) is 2. The molecule has 1 rings (SSSR count). The van der Waals surface area contributed by atoms with Crippen molar-refractivity contribution >= 4 is 12.0 Å². The van der Waals surface area contributed by atoms with Gasteiger partial charge in [0, 0.05) is 13.2 Å². The highest BCUT2D eigenvalue weighted by Crippen LogP contribution is 1.94. The van der Waals surface area contributed by atoms with Crippen molar-refractivity contribution in [3.8, 4) is 0 Å². The van der Waals surface area contributed by atoms with Crippen LogP contribution in [0.15, 0.2) is 12.3 Å². The van der Waals surface area contributed by atoms with Crippen LogP contribution in [0.3, 0.4) is 0 Å². The van der Waals surface area contributed by atoms with Gasteiger partial charge in [0.2, 0.25) is 0 Å². The molecule has 0 bridgehead atoms. The van der Waals surface area contributed by atoms with Gasteiger partial charge < -0.3 is 15.7 Å². The zero-order valence-corrected chi connectivity index (χ0v) is 9.80. The molecule has 1 aromatic heterocycles. The van der Waals surface area contributed by atoms with Crippen molar-refractivity contribution in [1.29, 1.82) is 0 Å². The quantitative estimate of drug-likeness (QED) is 0.679. The van der Waals surface area contributed by atoms with E-state index >= 15 is 0 Å². The van der Waals surface area contributed by atoms with E-state index in [-0.39, 0.29) is 6.54 Å². The molecule has 1 aromatic rings. The lowest BCUT2D eigenvalue weighted by Gasteiger charge is -2.12. The molecule has 0 saturated heterocycles. The molecular formula is C10H16N4O3. The van der Waals surface area contributed by atoms with E-state index < -0.39 is 18.0 Å². The number of urea groups is 1. The first-order valence-corrected chi connectivity index (χ1v) is 5.28. The van der Waals surface area contributed by atoms with Gasteiger partial charge >= 0.3 is 12.0 Å². The average molecular weight is 240 g/mol. The Hall–Kier alpha value is -2.05. The Labute approximate surface area is 98.8 Å². The van der Waals surface area contributed by atoms with Crippen molar-refractivity contribution < 1.29 is 14.7 Å². The number of rotatable bonds is 5. The normalized spacial score (nSPS) is 11.9. The number of aryl methyl sites for hydroxylation is 1. The van der Waals surface area contributed by atoms with E-state index in [9.17, 15) is 9.59 Å². The van der Waals surface area contributed by atoms with Crippen molar-refractivity contribution in [3.05, 3.63) is 18.0 Å². The molecule has 0 aliphatic carbocycles. The van der Waals surface area contributed by atoms with Gasteiger partial charge in [-0.15, -0.1) is 0 Å². The molecule has 0 fully saturated rings. The fraction of sp³-hybridized carbons (Fsp3) is 0.500. The van der Waals surface area contributed by atoms with Gasteiger partial charge in [-0.3, -0.25) is 4.68 Å². The molecule has 0 saturated carbocycles. The predicted octanol–water partition coefficient (Wildman–Crippen LogP) is 0.0825. The Morgan fingerprint density at radius 1 is 1.59 bits per heavy atom. The van der Waals surface area contributed by atoms with Crippen molar-refractivity contribution in [2.75, 3.05) is 0 Å². The average Bonchev–Trinajstić information content (AvgIpc) is 2.68. The minimum atomic E-state index is -1.04. The topological polar surface area (TPSA) is 96.3 Å². The molecule has 3 N–H and O–H groups in total. The van der Waals surface area contributed by atoms with Crippen LogP contribution in [0.1, 0.15) is 19.0 Å². The predicted molar refractivity (Wildman–Crippen MR) is 60.3 cm³/mol. The Morgan fingerprint density at radius 3 is 2.76 bits per heavy atom. The van der Waals surface area contributed by atoms with Crippen molar-refractivity contribution in [3.63, 3.8) is 0 Å². The molecule has 0 spiro atoms. The van der Waals surface area contributed by atoms with Crippen LogP contribution in [0.4, 0.5) is 4.79 Å².